The largest absolute Gasteiger partial charge is 0.490 e. The maximum absolute atomic E-state index is 12.6. The summed E-state index contributed by atoms with van der Waals surface area (Å²) in [7, 11) is 0. The molecule has 2 aliphatic rings. The molecule has 2 heterocycles. The van der Waals surface area contributed by atoms with E-state index in [1.54, 1.807) is 0 Å². The Hall–Kier alpha value is -2.17. The van der Waals surface area contributed by atoms with Crippen LogP contribution in [0.5, 0.6) is 5.75 Å². The Morgan fingerprint density at radius 1 is 1.21 bits per heavy atom. The second-order valence-corrected chi connectivity index (χ2v) is 9.30. The third-order valence-corrected chi connectivity index (χ3v) is 5.30. The van der Waals surface area contributed by atoms with Crippen LogP contribution in [0.3, 0.4) is 0 Å². The highest BCUT2D eigenvalue weighted by Crippen LogP contribution is 2.41. The zero-order valence-corrected chi connectivity index (χ0v) is 18.9. The number of rotatable bonds is 3. The first kappa shape index (κ1) is 21.5. The van der Waals surface area contributed by atoms with Crippen molar-refractivity contribution in [1.29, 1.82) is 0 Å². The first-order valence-electron chi connectivity index (χ1n) is 10.9. The summed E-state index contributed by atoms with van der Waals surface area (Å²) in [5.41, 5.74) is 5.94. The minimum atomic E-state index is -0.475. The Labute approximate surface area is 175 Å². The summed E-state index contributed by atoms with van der Waals surface area (Å²) in [6.07, 6.45) is 4.83. The van der Waals surface area contributed by atoms with Crippen LogP contribution >= 0.6 is 0 Å². The Morgan fingerprint density at radius 2 is 1.93 bits per heavy atom. The molecule has 0 radical (unpaired) electrons. The fraction of sp³-hybridized carbons (Fsp3) is 0.625. The molecule has 0 saturated carbocycles. The molecule has 1 aromatic carbocycles. The van der Waals surface area contributed by atoms with E-state index in [2.05, 4.69) is 37.8 Å². The van der Waals surface area contributed by atoms with Gasteiger partial charge in [-0.15, -0.1) is 0 Å². The summed E-state index contributed by atoms with van der Waals surface area (Å²) in [6, 6.07) is 2.22. The molecule has 0 spiro atoms. The normalized spacial score (nSPS) is 16.3. The molecule has 0 unspecified atom stereocenters. The summed E-state index contributed by atoms with van der Waals surface area (Å²) in [6.45, 7) is 16.3. The number of anilines is 1. The molecule has 160 valence electrons. The lowest BCUT2D eigenvalue weighted by Gasteiger charge is -2.34. The van der Waals surface area contributed by atoms with Gasteiger partial charge in [0, 0.05) is 25.2 Å². The Morgan fingerprint density at radius 3 is 2.59 bits per heavy atom. The van der Waals surface area contributed by atoms with Crippen molar-refractivity contribution in [3.05, 3.63) is 28.3 Å². The second-order valence-electron chi connectivity index (χ2n) is 9.30. The third kappa shape index (κ3) is 5.06. The molecule has 29 heavy (non-hydrogen) atoms. The van der Waals surface area contributed by atoms with E-state index in [9.17, 15) is 4.79 Å². The number of benzene rings is 1. The Bertz CT molecular complexity index is 788. The average Bonchev–Trinajstić information content (AvgIpc) is 2.83. The number of hydrogen-bond acceptors (Lipinski definition) is 4. The number of ether oxygens (including phenoxy) is 2. The average molecular weight is 401 g/mol. The van der Waals surface area contributed by atoms with Crippen molar-refractivity contribution in [2.45, 2.75) is 66.4 Å². The molecule has 2 aliphatic heterocycles. The maximum atomic E-state index is 12.6. The molecule has 0 aromatic heterocycles. The Kier molecular flexibility index (Phi) is 6.45. The quantitative estimate of drug-likeness (QED) is 0.712. The molecule has 0 N–H and O–H groups in total. The molecule has 0 aliphatic carbocycles. The van der Waals surface area contributed by atoms with Gasteiger partial charge in [-0.3, -0.25) is 0 Å². The molecule has 0 atom stereocenters. The smallest absolute Gasteiger partial charge is 0.410 e. The Balaban J connectivity index is 1.98. The van der Waals surface area contributed by atoms with E-state index in [1.165, 1.54) is 28.0 Å². The monoisotopic (exact) mass is 400 g/mol. The first-order chi connectivity index (χ1) is 13.7. The fourth-order valence-electron chi connectivity index (χ4n) is 4.16. The van der Waals surface area contributed by atoms with Crippen molar-refractivity contribution in [3.8, 4) is 5.75 Å². The standard InChI is InChI=1S/C24H36N2O3/c1-7-10-25-13-14-28-21-16-18-8-11-26(23(27)29-24(4,5)6)12-9-19(18)20(22(21)25)15-17(2)3/h15-16H,7-14H2,1-6H3. The molecule has 0 saturated heterocycles. The van der Waals surface area contributed by atoms with Crippen LogP contribution in [0.25, 0.3) is 6.08 Å². The third-order valence-electron chi connectivity index (χ3n) is 5.30. The topological polar surface area (TPSA) is 42.0 Å². The van der Waals surface area contributed by atoms with E-state index in [1.807, 2.05) is 25.7 Å². The summed E-state index contributed by atoms with van der Waals surface area (Å²) in [4.78, 5) is 16.9. The lowest BCUT2D eigenvalue weighted by atomic mass is 9.92. The van der Waals surface area contributed by atoms with E-state index >= 15 is 0 Å². The molecular formula is C24H36N2O3. The van der Waals surface area contributed by atoms with Gasteiger partial charge in [0.05, 0.1) is 12.2 Å². The van der Waals surface area contributed by atoms with Gasteiger partial charge in [0.15, 0.2) is 0 Å². The number of hydrogen-bond donors (Lipinski definition) is 0. The highest BCUT2D eigenvalue weighted by Gasteiger charge is 2.29. The predicted molar refractivity (Wildman–Crippen MR) is 119 cm³/mol. The van der Waals surface area contributed by atoms with Crippen molar-refractivity contribution in [3.63, 3.8) is 0 Å². The van der Waals surface area contributed by atoms with Gasteiger partial charge < -0.3 is 19.3 Å². The van der Waals surface area contributed by atoms with Crippen LogP contribution in [0.15, 0.2) is 11.6 Å². The van der Waals surface area contributed by atoms with Crippen molar-refractivity contribution in [1.82, 2.24) is 4.90 Å². The number of amides is 1. The van der Waals surface area contributed by atoms with Crippen LogP contribution in [-0.2, 0) is 17.6 Å². The molecule has 5 nitrogen and oxygen atoms in total. The molecule has 5 heteroatoms. The van der Waals surface area contributed by atoms with Gasteiger partial charge in [-0.2, -0.15) is 0 Å². The van der Waals surface area contributed by atoms with Gasteiger partial charge in [0.2, 0.25) is 0 Å². The summed E-state index contributed by atoms with van der Waals surface area (Å²) in [5, 5.41) is 0. The molecule has 0 bridgehead atoms. The van der Waals surface area contributed by atoms with Crippen molar-refractivity contribution in [2.75, 3.05) is 37.7 Å². The molecule has 3 rings (SSSR count). The van der Waals surface area contributed by atoms with Crippen LogP contribution in [-0.4, -0.2) is 49.4 Å². The molecular weight excluding hydrogens is 364 g/mol. The van der Waals surface area contributed by atoms with E-state index in [4.69, 9.17) is 9.47 Å². The van der Waals surface area contributed by atoms with E-state index in [0.717, 1.165) is 44.7 Å². The summed E-state index contributed by atoms with van der Waals surface area (Å²) < 4.78 is 11.7. The number of carbonyl (C=O) groups is 1. The first-order valence-corrected chi connectivity index (χ1v) is 10.9. The van der Waals surface area contributed by atoms with Gasteiger partial charge in [0.25, 0.3) is 0 Å². The van der Waals surface area contributed by atoms with Crippen molar-refractivity contribution >= 4 is 17.9 Å². The van der Waals surface area contributed by atoms with Crippen LogP contribution in [0, 0.1) is 0 Å². The van der Waals surface area contributed by atoms with Crippen molar-refractivity contribution in [2.24, 2.45) is 0 Å². The number of allylic oxidation sites excluding steroid dienone is 1. The number of carbonyl (C=O) groups excluding carboxylic acids is 1. The lowest BCUT2D eigenvalue weighted by Crippen LogP contribution is -2.38. The highest BCUT2D eigenvalue weighted by atomic mass is 16.6. The van der Waals surface area contributed by atoms with Crippen LogP contribution in [0.4, 0.5) is 10.5 Å². The molecule has 1 aromatic rings. The van der Waals surface area contributed by atoms with Gasteiger partial charge in [-0.05, 0) is 71.1 Å². The minimum Gasteiger partial charge on any atom is -0.490 e. The minimum absolute atomic E-state index is 0.220. The van der Waals surface area contributed by atoms with Gasteiger partial charge in [-0.25, -0.2) is 4.79 Å². The predicted octanol–water partition coefficient (Wildman–Crippen LogP) is 5.05. The molecule has 1 amide bonds. The number of nitrogens with zero attached hydrogens (tertiary/aromatic N) is 2. The summed E-state index contributed by atoms with van der Waals surface area (Å²) in [5.74, 6) is 0.988. The zero-order valence-electron chi connectivity index (χ0n) is 18.9. The fourth-order valence-corrected chi connectivity index (χ4v) is 4.16. The van der Waals surface area contributed by atoms with Crippen LogP contribution < -0.4 is 9.64 Å². The maximum Gasteiger partial charge on any atom is 0.410 e. The van der Waals surface area contributed by atoms with Crippen molar-refractivity contribution < 1.29 is 14.3 Å². The lowest BCUT2D eigenvalue weighted by molar-refractivity contribution is 0.0258. The SMILES string of the molecule is CCCN1CCOc2cc3c(c(C=C(C)C)c21)CCN(C(=O)OC(C)(C)C)CC3. The van der Waals surface area contributed by atoms with Gasteiger partial charge in [-0.1, -0.05) is 18.6 Å². The van der Waals surface area contributed by atoms with Gasteiger partial charge >= 0.3 is 6.09 Å². The van der Waals surface area contributed by atoms with E-state index in [-0.39, 0.29) is 6.09 Å². The van der Waals surface area contributed by atoms with Gasteiger partial charge in [0.1, 0.15) is 18.0 Å². The van der Waals surface area contributed by atoms with Crippen LogP contribution in [0.2, 0.25) is 0 Å². The highest BCUT2D eigenvalue weighted by molar-refractivity contribution is 5.79. The summed E-state index contributed by atoms with van der Waals surface area (Å²) >= 11 is 0. The second kappa shape index (κ2) is 8.68. The van der Waals surface area contributed by atoms with E-state index < -0.39 is 5.60 Å². The van der Waals surface area contributed by atoms with Crippen LogP contribution in [0.1, 0.15) is 64.7 Å². The van der Waals surface area contributed by atoms with E-state index in [0.29, 0.717) is 13.1 Å². The number of fused-ring (bicyclic) bond motifs is 2. The molecule has 0 fully saturated rings. The zero-order chi connectivity index (χ0) is 21.2.